The van der Waals surface area contributed by atoms with Crippen molar-refractivity contribution < 1.29 is 19.4 Å². The monoisotopic (exact) mass is 367 g/mol. The summed E-state index contributed by atoms with van der Waals surface area (Å²) in [5.41, 5.74) is 2.06. The predicted molar refractivity (Wildman–Crippen MR) is 102 cm³/mol. The number of ether oxygens (including phenoxy) is 1. The second kappa shape index (κ2) is 7.84. The normalized spacial score (nSPS) is 10.3. The zero-order valence-electron chi connectivity index (χ0n) is 14.1. The molecule has 0 fully saturated rings. The second-order valence-electron chi connectivity index (χ2n) is 5.67. The van der Waals surface area contributed by atoms with Crippen LogP contribution in [0.3, 0.4) is 0 Å². The minimum Gasteiger partial charge on any atom is -0.484 e. The summed E-state index contributed by atoms with van der Waals surface area (Å²) < 4.78 is 5.43. The maximum absolute atomic E-state index is 12.2. The van der Waals surface area contributed by atoms with Gasteiger partial charge in [0.1, 0.15) is 10.8 Å². The molecule has 0 saturated carbocycles. The lowest BCUT2D eigenvalue weighted by Gasteiger charge is -2.07. The van der Waals surface area contributed by atoms with Gasteiger partial charge in [-0.05, 0) is 30.7 Å². The summed E-state index contributed by atoms with van der Waals surface area (Å²) in [5, 5.41) is 12.3. The molecule has 0 saturated heterocycles. The zero-order chi connectivity index (χ0) is 18.5. The zero-order valence-corrected chi connectivity index (χ0v) is 14.9. The molecule has 3 rings (SSSR count). The topological polar surface area (TPSA) is 75.6 Å². The van der Waals surface area contributed by atoms with Crippen molar-refractivity contribution in [2.24, 2.45) is 0 Å². The smallest absolute Gasteiger partial charge is 0.338 e. The van der Waals surface area contributed by atoms with Crippen molar-refractivity contribution in [2.45, 2.75) is 6.92 Å². The van der Waals surface area contributed by atoms with E-state index < -0.39 is 11.9 Å². The summed E-state index contributed by atoms with van der Waals surface area (Å²) in [4.78, 5) is 24.4. The number of hydrogen-bond donors (Lipinski definition) is 2. The molecule has 0 spiro atoms. The van der Waals surface area contributed by atoms with Gasteiger partial charge in [-0.1, -0.05) is 48.0 Å². The Morgan fingerprint density at radius 1 is 1.08 bits per heavy atom. The van der Waals surface area contributed by atoms with Crippen LogP contribution in [0.25, 0.3) is 10.4 Å². The van der Waals surface area contributed by atoms with E-state index in [9.17, 15) is 14.7 Å². The third kappa shape index (κ3) is 4.29. The molecule has 132 valence electrons. The Morgan fingerprint density at radius 3 is 2.42 bits per heavy atom. The molecule has 2 aromatic carbocycles. The first-order valence-corrected chi connectivity index (χ1v) is 8.76. The quantitative estimate of drug-likeness (QED) is 0.675. The van der Waals surface area contributed by atoms with E-state index in [0.29, 0.717) is 10.8 Å². The predicted octanol–water partition coefficient (Wildman–Crippen LogP) is 4.44. The van der Waals surface area contributed by atoms with Crippen LogP contribution in [0.15, 0.2) is 60.7 Å². The van der Waals surface area contributed by atoms with Crippen LogP contribution in [0, 0.1) is 6.92 Å². The van der Waals surface area contributed by atoms with Gasteiger partial charge in [-0.15, -0.1) is 11.3 Å². The molecule has 0 aliphatic heterocycles. The molecule has 0 radical (unpaired) electrons. The van der Waals surface area contributed by atoms with Crippen LogP contribution < -0.4 is 10.1 Å². The molecular formula is C20H17NO4S. The van der Waals surface area contributed by atoms with E-state index in [1.165, 1.54) is 11.3 Å². The molecular weight excluding hydrogens is 350 g/mol. The summed E-state index contributed by atoms with van der Waals surface area (Å²) in [6.07, 6.45) is 0. The van der Waals surface area contributed by atoms with Gasteiger partial charge >= 0.3 is 5.97 Å². The molecule has 1 aromatic heterocycles. The summed E-state index contributed by atoms with van der Waals surface area (Å²) in [7, 11) is 0. The van der Waals surface area contributed by atoms with Crippen LogP contribution in [-0.4, -0.2) is 23.6 Å². The second-order valence-corrected chi connectivity index (χ2v) is 6.73. The Kier molecular flexibility index (Phi) is 5.34. The van der Waals surface area contributed by atoms with Gasteiger partial charge in [-0.25, -0.2) is 4.79 Å². The van der Waals surface area contributed by atoms with Crippen LogP contribution >= 0.6 is 11.3 Å². The van der Waals surface area contributed by atoms with Crippen molar-refractivity contribution in [3.05, 3.63) is 71.8 Å². The molecule has 0 atom stereocenters. The van der Waals surface area contributed by atoms with E-state index >= 15 is 0 Å². The van der Waals surface area contributed by atoms with Crippen molar-refractivity contribution >= 4 is 28.2 Å². The Labute approximate surface area is 154 Å². The molecule has 0 unspecified atom stereocenters. The number of amides is 1. The molecule has 0 bridgehead atoms. The van der Waals surface area contributed by atoms with Gasteiger partial charge < -0.3 is 15.2 Å². The molecule has 1 heterocycles. The number of carboxylic acid groups (broad SMARTS) is 1. The first-order chi connectivity index (χ1) is 12.5. The van der Waals surface area contributed by atoms with Crippen molar-refractivity contribution in [3.63, 3.8) is 0 Å². The SMILES string of the molecule is Cc1ccc(OCC(=O)Nc2sc(-c3ccccc3)cc2C(=O)O)cc1. The van der Waals surface area contributed by atoms with E-state index in [4.69, 9.17) is 4.74 Å². The third-order valence-electron chi connectivity index (χ3n) is 3.66. The maximum Gasteiger partial charge on any atom is 0.338 e. The highest BCUT2D eigenvalue weighted by molar-refractivity contribution is 7.20. The van der Waals surface area contributed by atoms with E-state index in [-0.39, 0.29) is 12.2 Å². The standard InChI is InChI=1S/C20H17NO4S/c1-13-7-9-15(10-8-13)25-12-18(22)21-19-16(20(23)24)11-17(26-19)14-5-3-2-4-6-14/h2-11H,12H2,1H3,(H,21,22)(H,23,24). The Bertz CT molecular complexity index is 917. The molecule has 5 nitrogen and oxygen atoms in total. The fraction of sp³-hybridized carbons (Fsp3) is 0.100. The lowest BCUT2D eigenvalue weighted by atomic mass is 10.1. The summed E-state index contributed by atoms with van der Waals surface area (Å²) >= 11 is 1.22. The fourth-order valence-corrected chi connectivity index (χ4v) is 3.41. The van der Waals surface area contributed by atoms with Crippen molar-refractivity contribution in [1.29, 1.82) is 0 Å². The van der Waals surface area contributed by atoms with Crippen molar-refractivity contribution in [2.75, 3.05) is 11.9 Å². The first kappa shape index (κ1) is 17.7. The molecule has 0 aliphatic rings. The van der Waals surface area contributed by atoms with Gasteiger partial charge in [0.15, 0.2) is 6.61 Å². The van der Waals surface area contributed by atoms with Crippen LogP contribution in [-0.2, 0) is 4.79 Å². The van der Waals surface area contributed by atoms with Crippen LogP contribution in [0.1, 0.15) is 15.9 Å². The number of anilines is 1. The highest BCUT2D eigenvalue weighted by Crippen LogP contribution is 2.35. The van der Waals surface area contributed by atoms with Crippen LogP contribution in [0.2, 0.25) is 0 Å². The molecule has 3 aromatic rings. The Hall–Kier alpha value is -3.12. The summed E-state index contributed by atoms with van der Waals surface area (Å²) in [6.45, 7) is 1.77. The van der Waals surface area contributed by atoms with Gasteiger partial charge in [0.25, 0.3) is 5.91 Å². The number of carboxylic acids is 1. The molecule has 6 heteroatoms. The number of carbonyl (C=O) groups excluding carboxylic acids is 1. The van der Waals surface area contributed by atoms with E-state index in [1.807, 2.05) is 49.4 Å². The average Bonchev–Trinajstić information content (AvgIpc) is 3.06. The molecule has 0 aliphatic carbocycles. The van der Waals surface area contributed by atoms with Gasteiger partial charge in [-0.3, -0.25) is 4.79 Å². The van der Waals surface area contributed by atoms with Crippen molar-refractivity contribution in [3.8, 4) is 16.2 Å². The van der Waals surface area contributed by atoms with Crippen molar-refractivity contribution in [1.82, 2.24) is 0 Å². The minimum atomic E-state index is -1.09. The van der Waals surface area contributed by atoms with Gasteiger partial charge in [0.05, 0.1) is 5.56 Å². The van der Waals surface area contributed by atoms with E-state index in [2.05, 4.69) is 5.32 Å². The summed E-state index contributed by atoms with van der Waals surface area (Å²) in [5.74, 6) is -0.909. The Morgan fingerprint density at radius 2 is 1.77 bits per heavy atom. The van der Waals surface area contributed by atoms with Gasteiger partial charge in [0.2, 0.25) is 0 Å². The Balaban J connectivity index is 1.71. The largest absolute Gasteiger partial charge is 0.484 e. The van der Waals surface area contributed by atoms with Crippen LogP contribution in [0.5, 0.6) is 5.75 Å². The maximum atomic E-state index is 12.2. The number of nitrogens with one attached hydrogen (secondary N) is 1. The highest BCUT2D eigenvalue weighted by Gasteiger charge is 2.18. The minimum absolute atomic E-state index is 0.0672. The number of aromatic carboxylic acids is 1. The van der Waals surface area contributed by atoms with E-state index in [0.717, 1.165) is 16.0 Å². The fourth-order valence-electron chi connectivity index (χ4n) is 2.33. The lowest BCUT2D eigenvalue weighted by molar-refractivity contribution is -0.118. The number of thiophene rings is 1. The average molecular weight is 367 g/mol. The highest BCUT2D eigenvalue weighted by atomic mass is 32.1. The number of aryl methyl sites for hydroxylation is 1. The first-order valence-electron chi connectivity index (χ1n) is 7.95. The molecule has 1 amide bonds. The van der Waals surface area contributed by atoms with Crippen LogP contribution in [0.4, 0.5) is 5.00 Å². The molecule has 2 N–H and O–H groups in total. The third-order valence-corrected chi connectivity index (χ3v) is 4.76. The number of benzene rings is 2. The molecule has 26 heavy (non-hydrogen) atoms. The lowest BCUT2D eigenvalue weighted by Crippen LogP contribution is -2.20. The summed E-state index contributed by atoms with van der Waals surface area (Å²) in [6, 6.07) is 18.3. The van der Waals surface area contributed by atoms with Gasteiger partial charge in [0, 0.05) is 4.88 Å². The van der Waals surface area contributed by atoms with E-state index in [1.54, 1.807) is 18.2 Å². The van der Waals surface area contributed by atoms with Gasteiger partial charge in [-0.2, -0.15) is 0 Å². The number of carbonyl (C=O) groups is 2. The number of hydrogen-bond acceptors (Lipinski definition) is 4. The number of rotatable bonds is 6.